The van der Waals surface area contributed by atoms with Crippen LogP contribution >= 0.6 is 23.1 Å². The zero-order chi connectivity index (χ0) is 22.9. The highest BCUT2D eigenvalue weighted by molar-refractivity contribution is 7.99. The van der Waals surface area contributed by atoms with Crippen molar-refractivity contribution in [1.82, 2.24) is 9.88 Å². The van der Waals surface area contributed by atoms with E-state index in [1.165, 1.54) is 23.5 Å². The molecule has 3 rings (SSSR count). The van der Waals surface area contributed by atoms with Crippen LogP contribution in [0.15, 0.2) is 47.4 Å². The average molecular weight is 476 g/mol. The standard InChI is InChI=1S/C24H30FN3O2S2/c1-4-30-20-8-5-9-21-23(20)26-24(32-21)28(16-7-15-27(2)3)22(29)10-6-17-31-19-13-11-18(25)12-14-19/h5,8-9,11-14H,4,6-7,10,15-17H2,1-3H3. The third-order valence-electron chi connectivity index (χ3n) is 4.81. The summed E-state index contributed by atoms with van der Waals surface area (Å²) in [6.07, 6.45) is 2.07. The van der Waals surface area contributed by atoms with Crippen LogP contribution in [0.4, 0.5) is 9.52 Å². The van der Waals surface area contributed by atoms with Crippen LogP contribution in [0.2, 0.25) is 0 Å². The lowest BCUT2D eigenvalue weighted by Gasteiger charge is -2.21. The number of thioether (sulfide) groups is 1. The van der Waals surface area contributed by atoms with Gasteiger partial charge in [-0.05, 0) is 82.6 Å². The Kier molecular flexibility index (Phi) is 9.32. The molecule has 5 nitrogen and oxygen atoms in total. The minimum atomic E-state index is -0.235. The van der Waals surface area contributed by atoms with Gasteiger partial charge in [0.2, 0.25) is 5.91 Å². The monoisotopic (exact) mass is 475 g/mol. The lowest BCUT2D eigenvalue weighted by molar-refractivity contribution is -0.118. The summed E-state index contributed by atoms with van der Waals surface area (Å²) in [6.45, 7) is 4.06. The van der Waals surface area contributed by atoms with Gasteiger partial charge in [0.1, 0.15) is 17.1 Å². The topological polar surface area (TPSA) is 45.7 Å². The van der Waals surface area contributed by atoms with Crippen molar-refractivity contribution < 1.29 is 13.9 Å². The van der Waals surface area contributed by atoms with Crippen LogP contribution in [0, 0.1) is 5.82 Å². The molecule has 172 valence electrons. The smallest absolute Gasteiger partial charge is 0.228 e. The summed E-state index contributed by atoms with van der Waals surface area (Å²) in [4.78, 5) is 22.9. The molecule has 1 amide bonds. The van der Waals surface area contributed by atoms with E-state index >= 15 is 0 Å². The van der Waals surface area contributed by atoms with E-state index in [0.29, 0.717) is 19.6 Å². The molecule has 0 atom stereocenters. The first-order valence-electron chi connectivity index (χ1n) is 10.8. The molecule has 3 aromatic rings. The number of thiazole rings is 1. The zero-order valence-corrected chi connectivity index (χ0v) is 20.5. The van der Waals surface area contributed by atoms with Crippen molar-refractivity contribution in [1.29, 1.82) is 0 Å². The van der Waals surface area contributed by atoms with Gasteiger partial charge in [-0.15, -0.1) is 11.8 Å². The molecule has 0 aliphatic heterocycles. The summed E-state index contributed by atoms with van der Waals surface area (Å²) >= 11 is 3.17. The van der Waals surface area contributed by atoms with E-state index in [9.17, 15) is 9.18 Å². The number of carbonyl (C=O) groups is 1. The number of hydrogen-bond acceptors (Lipinski definition) is 6. The van der Waals surface area contributed by atoms with Gasteiger partial charge in [0.05, 0.1) is 11.3 Å². The second kappa shape index (κ2) is 12.2. The number of nitrogens with zero attached hydrogens (tertiary/aromatic N) is 3. The van der Waals surface area contributed by atoms with E-state index in [1.807, 2.05) is 44.1 Å². The van der Waals surface area contributed by atoms with Gasteiger partial charge in [-0.2, -0.15) is 0 Å². The Bertz CT molecular complexity index is 1010. The molecule has 32 heavy (non-hydrogen) atoms. The summed E-state index contributed by atoms with van der Waals surface area (Å²) < 4.78 is 19.8. The van der Waals surface area contributed by atoms with Crippen LogP contribution in [-0.2, 0) is 4.79 Å². The van der Waals surface area contributed by atoms with Crippen LogP contribution in [-0.4, -0.2) is 55.3 Å². The fraction of sp³-hybridized carbons (Fsp3) is 0.417. The van der Waals surface area contributed by atoms with Gasteiger partial charge in [0.15, 0.2) is 5.13 Å². The molecular formula is C24H30FN3O2S2. The number of amides is 1. The molecule has 0 radical (unpaired) electrons. The quantitative estimate of drug-likeness (QED) is 0.249. The fourth-order valence-electron chi connectivity index (χ4n) is 3.25. The van der Waals surface area contributed by atoms with Gasteiger partial charge < -0.3 is 9.64 Å². The molecule has 0 bridgehead atoms. The van der Waals surface area contributed by atoms with Crippen LogP contribution in [0.1, 0.15) is 26.2 Å². The predicted molar refractivity (Wildman–Crippen MR) is 133 cm³/mol. The predicted octanol–water partition coefficient (Wildman–Crippen LogP) is 5.69. The Morgan fingerprint density at radius 1 is 1.12 bits per heavy atom. The highest BCUT2D eigenvalue weighted by atomic mass is 32.2. The van der Waals surface area contributed by atoms with E-state index in [2.05, 4.69) is 4.90 Å². The van der Waals surface area contributed by atoms with Crippen LogP contribution < -0.4 is 9.64 Å². The number of carbonyl (C=O) groups excluding carboxylic acids is 1. The fourth-order valence-corrected chi connectivity index (χ4v) is 5.13. The van der Waals surface area contributed by atoms with Gasteiger partial charge in [0.25, 0.3) is 0 Å². The SMILES string of the molecule is CCOc1cccc2sc(N(CCCN(C)C)C(=O)CCCSc3ccc(F)cc3)nc12. The lowest BCUT2D eigenvalue weighted by Crippen LogP contribution is -2.33. The molecular weight excluding hydrogens is 445 g/mol. The van der Waals surface area contributed by atoms with Crippen molar-refractivity contribution >= 4 is 44.4 Å². The summed E-state index contributed by atoms with van der Waals surface area (Å²) in [5.74, 6) is 1.41. The first kappa shape index (κ1) is 24.5. The Balaban J connectivity index is 1.67. The molecule has 1 aromatic heterocycles. The highest BCUT2D eigenvalue weighted by Crippen LogP contribution is 2.34. The zero-order valence-electron chi connectivity index (χ0n) is 18.8. The van der Waals surface area contributed by atoms with Crippen molar-refractivity contribution in [3.63, 3.8) is 0 Å². The molecule has 8 heteroatoms. The number of aromatic nitrogens is 1. The maximum atomic E-state index is 13.2. The molecule has 0 aliphatic rings. The Hall–Kier alpha value is -2.16. The molecule has 0 unspecified atom stereocenters. The molecule has 0 fully saturated rings. The summed E-state index contributed by atoms with van der Waals surface area (Å²) in [5.41, 5.74) is 0.812. The van der Waals surface area contributed by atoms with Gasteiger partial charge in [-0.3, -0.25) is 9.69 Å². The number of para-hydroxylation sites is 1. The van der Waals surface area contributed by atoms with E-state index in [4.69, 9.17) is 9.72 Å². The van der Waals surface area contributed by atoms with Crippen molar-refractivity contribution in [2.45, 2.75) is 31.1 Å². The number of rotatable bonds is 12. The minimum Gasteiger partial charge on any atom is -0.492 e. The third-order valence-corrected chi connectivity index (χ3v) is 6.95. The second-order valence-corrected chi connectivity index (χ2v) is 9.82. The van der Waals surface area contributed by atoms with E-state index in [0.717, 1.165) is 51.1 Å². The summed E-state index contributed by atoms with van der Waals surface area (Å²) in [6, 6.07) is 12.4. The maximum Gasteiger partial charge on any atom is 0.228 e. The molecule has 1 heterocycles. The van der Waals surface area contributed by atoms with Crippen LogP contribution in [0.5, 0.6) is 5.75 Å². The number of anilines is 1. The second-order valence-electron chi connectivity index (χ2n) is 7.64. The van der Waals surface area contributed by atoms with E-state index in [-0.39, 0.29) is 11.7 Å². The summed E-state index contributed by atoms with van der Waals surface area (Å²) in [5, 5.41) is 0.724. The van der Waals surface area contributed by atoms with E-state index in [1.54, 1.807) is 23.9 Å². The minimum absolute atomic E-state index is 0.0838. The number of fused-ring (bicyclic) bond motifs is 1. The van der Waals surface area contributed by atoms with Crippen LogP contribution in [0.3, 0.4) is 0 Å². The normalized spacial score (nSPS) is 11.3. The number of benzene rings is 2. The first-order valence-corrected chi connectivity index (χ1v) is 12.6. The lowest BCUT2D eigenvalue weighted by atomic mass is 10.3. The Morgan fingerprint density at radius 3 is 2.62 bits per heavy atom. The molecule has 0 N–H and O–H groups in total. The molecule has 2 aromatic carbocycles. The average Bonchev–Trinajstić information content (AvgIpc) is 3.20. The molecule has 0 saturated heterocycles. The number of ether oxygens (including phenoxy) is 1. The van der Waals surface area contributed by atoms with Gasteiger partial charge in [0, 0.05) is 17.9 Å². The van der Waals surface area contributed by atoms with Crippen molar-refractivity contribution in [2.24, 2.45) is 0 Å². The maximum absolute atomic E-state index is 13.2. The van der Waals surface area contributed by atoms with Gasteiger partial charge in [-0.1, -0.05) is 17.4 Å². The van der Waals surface area contributed by atoms with E-state index < -0.39 is 0 Å². The van der Waals surface area contributed by atoms with Gasteiger partial charge in [-0.25, -0.2) is 9.37 Å². The van der Waals surface area contributed by atoms with Crippen molar-refractivity contribution in [3.05, 3.63) is 48.3 Å². The highest BCUT2D eigenvalue weighted by Gasteiger charge is 2.20. The number of hydrogen-bond donors (Lipinski definition) is 0. The van der Waals surface area contributed by atoms with Crippen molar-refractivity contribution in [2.75, 3.05) is 44.4 Å². The third kappa shape index (κ3) is 6.92. The molecule has 0 aliphatic carbocycles. The van der Waals surface area contributed by atoms with Gasteiger partial charge >= 0.3 is 0 Å². The van der Waals surface area contributed by atoms with Crippen molar-refractivity contribution in [3.8, 4) is 5.75 Å². The Morgan fingerprint density at radius 2 is 1.91 bits per heavy atom. The van der Waals surface area contributed by atoms with Crippen LogP contribution in [0.25, 0.3) is 10.2 Å². The number of halogens is 1. The molecule has 0 saturated carbocycles. The molecule has 0 spiro atoms. The summed E-state index contributed by atoms with van der Waals surface area (Å²) in [7, 11) is 4.07. The largest absolute Gasteiger partial charge is 0.492 e. The Labute approximate surface area is 197 Å². The first-order chi connectivity index (χ1) is 15.5.